The maximum atomic E-state index is 12.0. The molecule has 4 heteroatoms. The van der Waals surface area contributed by atoms with Crippen molar-refractivity contribution in [2.24, 2.45) is 0 Å². The fourth-order valence-electron chi connectivity index (χ4n) is 1.97. The first-order chi connectivity index (χ1) is 7.72. The van der Waals surface area contributed by atoms with E-state index in [0.29, 0.717) is 17.0 Å². The second-order valence-corrected chi connectivity index (χ2v) is 3.96. The Hall–Kier alpha value is -1.71. The molecular weight excluding hydrogens is 204 g/mol. The molecule has 16 heavy (non-hydrogen) atoms. The van der Waals surface area contributed by atoms with E-state index in [0.717, 1.165) is 25.9 Å². The van der Waals surface area contributed by atoms with Crippen molar-refractivity contribution in [3.63, 3.8) is 0 Å². The van der Waals surface area contributed by atoms with Gasteiger partial charge in [-0.15, -0.1) is 0 Å². The molecule has 0 unspecified atom stereocenters. The Kier molecular flexibility index (Phi) is 2.99. The predicted molar refractivity (Wildman–Crippen MR) is 62.5 cm³/mol. The van der Waals surface area contributed by atoms with Gasteiger partial charge in [-0.05, 0) is 31.0 Å². The van der Waals surface area contributed by atoms with Crippen LogP contribution in [0.5, 0.6) is 5.75 Å². The molecule has 86 valence electrons. The lowest BCUT2D eigenvalue weighted by Gasteiger charge is -2.15. The lowest BCUT2D eigenvalue weighted by Crippen LogP contribution is -2.27. The number of amides is 1. The van der Waals surface area contributed by atoms with Gasteiger partial charge in [-0.25, -0.2) is 0 Å². The van der Waals surface area contributed by atoms with Crippen LogP contribution in [0.1, 0.15) is 23.2 Å². The lowest BCUT2D eigenvalue weighted by atomic mass is 10.1. The van der Waals surface area contributed by atoms with E-state index < -0.39 is 0 Å². The number of nitrogens with zero attached hydrogens (tertiary/aromatic N) is 1. The van der Waals surface area contributed by atoms with Crippen molar-refractivity contribution in [3.05, 3.63) is 23.8 Å². The van der Waals surface area contributed by atoms with Gasteiger partial charge in [-0.2, -0.15) is 0 Å². The van der Waals surface area contributed by atoms with E-state index in [1.165, 1.54) is 0 Å². The van der Waals surface area contributed by atoms with E-state index in [-0.39, 0.29) is 5.91 Å². The Morgan fingerprint density at radius 1 is 1.38 bits per heavy atom. The number of benzene rings is 1. The Bertz CT molecular complexity index is 398. The molecule has 1 aromatic rings. The zero-order chi connectivity index (χ0) is 11.5. The van der Waals surface area contributed by atoms with Crippen molar-refractivity contribution in [1.29, 1.82) is 0 Å². The smallest absolute Gasteiger partial charge is 0.253 e. The van der Waals surface area contributed by atoms with Crippen molar-refractivity contribution in [1.82, 2.24) is 4.90 Å². The lowest BCUT2D eigenvalue weighted by molar-refractivity contribution is 0.0793. The van der Waals surface area contributed by atoms with Gasteiger partial charge in [0.25, 0.3) is 5.91 Å². The van der Waals surface area contributed by atoms with Crippen LogP contribution in [0.4, 0.5) is 5.69 Å². The summed E-state index contributed by atoms with van der Waals surface area (Å²) in [7, 11) is 1.56. The third-order valence-corrected chi connectivity index (χ3v) is 2.87. The molecular formula is C12H16N2O2. The van der Waals surface area contributed by atoms with Crippen LogP contribution < -0.4 is 10.5 Å². The number of likely N-dealkylation sites (tertiary alicyclic amines) is 1. The van der Waals surface area contributed by atoms with Gasteiger partial charge in [-0.1, -0.05) is 0 Å². The summed E-state index contributed by atoms with van der Waals surface area (Å²) < 4.78 is 5.06. The number of rotatable bonds is 2. The molecule has 0 aliphatic carbocycles. The number of nitrogen functional groups attached to an aromatic ring is 1. The van der Waals surface area contributed by atoms with Gasteiger partial charge in [0.15, 0.2) is 0 Å². The molecule has 0 radical (unpaired) electrons. The molecule has 0 saturated carbocycles. The molecule has 0 bridgehead atoms. The minimum absolute atomic E-state index is 0.0619. The average Bonchev–Trinajstić information content (AvgIpc) is 2.81. The minimum Gasteiger partial charge on any atom is -0.495 e. The molecule has 1 aliphatic heterocycles. The number of hydrogen-bond acceptors (Lipinski definition) is 3. The summed E-state index contributed by atoms with van der Waals surface area (Å²) >= 11 is 0. The standard InChI is InChI=1S/C12H16N2O2/c1-16-11-5-4-9(8-10(11)13)12(15)14-6-2-3-7-14/h4-5,8H,2-3,6-7,13H2,1H3. The highest BCUT2D eigenvalue weighted by molar-refractivity contribution is 5.95. The third-order valence-electron chi connectivity index (χ3n) is 2.87. The van der Waals surface area contributed by atoms with Crippen LogP contribution in [0, 0.1) is 0 Å². The molecule has 2 N–H and O–H groups in total. The van der Waals surface area contributed by atoms with Crippen LogP contribution in [0.3, 0.4) is 0 Å². The van der Waals surface area contributed by atoms with Crippen molar-refractivity contribution in [3.8, 4) is 5.75 Å². The number of hydrogen-bond donors (Lipinski definition) is 1. The topological polar surface area (TPSA) is 55.6 Å². The number of nitrogens with two attached hydrogens (primary N) is 1. The number of carbonyl (C=O) groups excluding carboxylic acids is 1. The largest absolute Gasteiger partial charge is 0.495 e. The van der Waals surface area contributed by atoms with Gasteiger partial charge in [0.2, 0.25) is 0 Å². The molecule has 1 aliphatic rings. The van der Waals surface area contributed by atoms with Crippen LogP contribution in [0.25, 0.3) is 0 Å². The fraction of sp³-hybridized carbons (Fsp3) is 0.417. The van der Waals surface area contributed by atoms with Crippen molar-refractivity contribution in [2.75, 3.05) is 25.9 Å². The summed E-state index contributed by atoms with van der Waals surface area (Å²) in [5.74, 6) is 0.671. The van der Waals surface area contributed by atoms with E-state index in [9.17, 15) is 4.79 Å². The third kappa shape index (κ3) is 1.96. The van der Waals surface area contributed by atoms with Crippen LogP contribution in [0.2, 0.25) is 0 Å². The highest BCUT2D eigenvalue weighted by atomic mass is 16.5. The van der Waals surface area contributed by atoms with Crippen LogP contribution in [-0.4, -0.2) is 31.0 Å². The first-order valence-electron chi connectivity index (χ1n) is 5.45. The molecule has 2 rings (SSSR count). The number of carbonyl (C=O) groups is 1. The summed E-state index contributed by atoms with van der Waals surface area (Å²) in [5, 5.41) is 0. The average molecular weight is 220 g/mol. The van der Waals surface area contributed by atoms with Crippen molar-refractivity contribution in [2.45, 2.75) is 12.8 Å². The van der Waals surface area contributed by atoms with Gasteiger partial charge < -0.3 is 15.4 Å². The number of ether oxygens (including phenoxy) is 1. The van der Waals surface area contributed by atoms with Gasteiger partial charge in [0.1, 0.15) is 5.75 Å². The molecule has 0 aromatic heterocycles. The zero-order valence-electron chi connectivity index (χ0n) is 9.40. The molecule has 1 saturated heterocycles. The molecule has 0 atom stereocenters. The normalized spacial score (nSPS) is 15.2. The van der Waals surface area contributed by atoms with Crippen LogP contribution in [0.15, 0.2) is 18.2 Å². The molecule has 1 heterocycles. The molecule has 0 spiro atoms. The highest BCUT2D eigenvalue weighted by Crippen LogP contribution is 2.23. The zero-order valence-corrected chi connectivity index (χ0v) is 9.40. The Morgan fingerprint density at radius 3 is 2.62 bits per heavy atom. The monoisotopic (exact) mass is 220 g/mol. The maximum Gasteiger partial charge on any atom is 0.253 e. The fourth-order valence-corrected chi connectivity index (χ4v) is 1.97. The van der Waals surface area contributed by atoms with Crippen LogP contribution in [-0.2, 0) is 0 Å². The second kappa shape index (κ2) is 4.43. The summed E-state index contributed by atoms with van der Waals surface area (Å²) in [6.45, 7) is 1.70. The van der Waals surface area contributed by atoms with Gasteiger partial charge in [0, 0.05) is 18.7 Å². The predicted octanol–water partition coefficient (Wildman–Crippen LogP) is 1.51. The maximum absolute atomic E-state index is 12.0. The SMILES string of the molecule is COc1ccc(C(=O)N2CCCC2)cc1N. The van der Waals surface area contributed by atoms with E-state index in [1.54, 1.807) is 25.3 Å². The first-order valence-corrected chi connectivity index (χ1v) is 5.45. The number of anilines is 1. The molecule has 1 fully saturated rings. The van der Waals surface area contributed by atoms with Crippen molar-refractivity contribution < 1.29 is 9.53 Å². The minimum atomic E-state index is 0.0619. The first kappa shape index (κ1) is 10.8. The van der Waals surface area contributed by atoms with Gasteiger partial charge in [0.05, 0.1) is 12.8 Å². The van der Waals surface area contributed by atoms with Crippen molar-refractivity contribution >= 4 is 11.6 Å². The Morgan fingerprint density at radius 2 is 2.06 bits per heavy atom. The van der Waals surface area contributed by atoms with E-state index in [4.69, 9.17) is 10.5 Å². The summed E-state index contributed by atoms with van der Waals surface area (Å²) in [5.41, 5.74) is 6.92. The number of methoxy groups -OCH3 is 1. The van der Waals surface area contributed by atoms with Gasteiger partial charge in [-0.3, -0.25) is 4.79 Å². The van der Waals surface area contributed by atoms with Crippen LogP contribution >= 0.6 is 0 Å². The molecule has 1 amide bonds. The molecule has 4 nitrogen and oxygen atoms in total. The highest BCUT2D eigenvalue weighted by Gasteiger charge is 2.19. The summed E-state index contributed by atoms with van der Waals surface area (Å²) in [4.78, 5) is 13.9. The Labute approximate surface area is 95.0 Å². The van der Waals surface area contributed by atoms with E-state index in [2.05, 4.69) is 0 Å². The summed E-state index contributed by atoms with van der Waals surface area (Å²) in [6, 6.07) is 5.17. The second-order valence-electron chi connectivity index (χ2n) is 3.96. The quantitative estimate of drug-likeness (QED) is 0.769. The summed E-state index contributed by atoms with van der Waals surface area (Å²) in [6.07, 6.45) is 2.19. The molecule has 1 aromatic carbocycles. The Balaban J connectivity index is 2.20. The van der Waals surface area contributed by atoms with E-state index in [1.807, 2.05) is 4.90 Å². The van der Waals surface area contributed by atoms with E-state index >= 15 is 0 Å². The van der Waals surface area contributed by atoms with Gasteiger partial charge >= 0.3 is 0 Å².